The van der Waals surface area contributed by atoms with Gasteiger partial charge in [-0.25, -0.2) is 9.78 Å². The molecule has 0 radical (unpaired) electrons. The first kappa shape index (κ1) is 15.8. The minimum absolute atomic E-state index is 0.335. The topological polar surface area (TPSA) is 27.7 Å². The van der Waals surface area contributed by atoms with Gasteiger partial charge >= 0.3 is 0 Å². The zero-order valence-corrected chi connectivity index (χ0v) is 12.6. The average Bonchev–Trinajstić information content (AvgIpc) is 2.18. The second kappa shape index (κ2) is 11.3. The molecule has 0 aromatic rings. The Kier molecular flexibility index (Phi) is 12.0. The molecule has 15 heavy (non-hydrogen) atoms. The van der Waals surface area contributed by atoms with Gasteiger partial charge in [-0.15, -0.1) is 0 Å². The van der Waals surface area contributed by atoms with Gasteiger partial charge in [-0.3, -0.25) is 0 Å². The molecular weight excluding hydrogens is 328 g/mol. The van der Waals surface area contributed by atoms with Crippen molar-refractivity contribution >= 4 is 31.9 Å². The molecule has 0 rings (SSSR count). The van der Waals surface area contributed by atoms with Gasteiger partial charge in [0.15, 0.2) is 0 Å². The molecule has 0 aliphatic carbocycles. The Bertz CT molecular complexity index is 122. The van der Waals surface area contributed by atoms with E-state index in [1.807, 2.05) is 0 Å². The Morgan fingerprint density at radius 2 is 1.27 bits per heavy atom. The first-order chi connectivity index (χ1) is 7.20. The lowest BCUT2D eigenvalue weighted by Crippen LogP contribution is -2.12. The van der Waals surface area contributed by atoms with E-state index in [0.29, 0.717) is 22.9 Å². The summed E-state index contributed by atoms with van der Waals surface area (Å²) in [4.78, 5) is 10.4. The van der Waals surface area contributed by atoms with Crippen LogP contribution in [0.3, 0.4) is 0 Å². The van der Waals surface area contributed by atoms with Gasteiger partial charge in [0.1, 0.15) is 0 Å². The van der Waals surface area contributed by atoms with Crippen molar-refractivity contribution < 1.29 is 14.8 Å². The van der Waals surface area contributed by atoms with Crippen molar-refractivity contribution in [2.75, 3.05) is 13.2 Å². The van der Waals surface area contributed by atoms with Crippen LogP contribution in [0.1, 0.15) is 39.5 Å². The molecule has 0 aromatic carbocycles. The van der Waals surface area contributed by atoms with Crippen LogP contribution in [0.5, 0.6) is 0 Å². The average molecular weight is 348 g/mol. The summed E-state index contributed by atoms with van der Waals surface area (Å²) in [5, 5.41) is 4.61. The van der Waals surface area contributed by atoms with Crippen molar-refractivity contribution in [2.45, 2.75) is 49.2 Å². The second-order valence-electron chi connectivity index (χ2n) is 3.41. The summed E-state index contributed by atoms with van der Waals surface area (Å²) in [6.45, 7) is 5.28. The van der Waals surface area contributed by atoms with Gasteiger partial charge in [0.25, 0.3) is 0 Å². The lowest BCUT2D eigenvalue weighted by Gasteiger charge is -2.09. The van der Waals surface area contributed by atoms with Crippen LogP contribution in [0.4, 0.5) is 0 Å². The van der Waals surface area contributed by atoms with Gasteiger partial charge in [-0.1, -0.05) is 63.6 Å². The third-order valence-corrected chi connectivity index (χ3v) is 3.24. The van der Waals surface area contributed by atoms with Crippen LogP contribution in [0.15, 0.2) is 0 Å². The lowest BCUT2D eigenvalue weighted by atomic mass is 10.3. The number of alkyl halides is 2. The van der Waals surface area contributed by atoms with Crippen LogP contribution in [-0.4, -0.2) is 22.9 Å². The third kappa shape index (κ3) is 11.1. The highest BCUT2D eigenvalue weighted by Gasteiger charge is 2.05. The molecule has 0 fully saturated rings. The maximum atomic E-state index is 4.89. The first-order valence-electron chi connectivity index (χ1n) is 5.39. The smallest absolute Gasteiger partial charge is 0.0978 e. The normalized spacial score (nSPS) is 15.2. The summed E-state index contributed by atoms with van der Waals surface area (Å²) in [5.41, 5.74) is 0. The highest BCUT2D eigenvalue weighted by molar-refractivity contribution is 9.09. The zero-order chi connectivity index (χ0) is 11.5. The number of hydrogen-bond acceptors (Lipinski definition) is 3. The SMILES string of the molecule is CCCC(Br)COOOCC(Br)CCC. The van der Waals surface area contributed by atoms with E-state index in [-0.39, 0.29) is 0 Å². The Morgan fingerprint density at radius 3 is 1.60 bits per heavy atom. The summed E-state index contributed by atoms with van der Waals surface area (Å²) >= 11 is 6.95. The van der Waals surface area contributed by atoms with E-state index in [1.165, 1.54) is 0 Å². The van der Waals surface area contributed by atoms with Gasteiger partial charge in [0.2, 0.25) is 0 Å². The van der Waals surface area contributed by atoms with E-state index in [9.17, 15) is 0 Å². The zero-order valence-electron chi connectivity index (χ0n) is 9.38. The van der Waals surface area contributed by atoms with E-state index < -0.39 is 0 Å². The molecular formula is C10H20Br2O3. The van der Waals surface area contributed by atoms with Gasteiger partial charge in [0.05, 0.1) is 13.2 Å². The van der Waals surface area contributed by atoms with E-state index >= 15 is 0 Å². The monoisotopic (exact) mass is 346 g/mol. The molecule has 2 unspecified atom stereocenters. The van der Waals surface area contributed by atoms with Crippen LogP contribution in [0.2, 0.25) is 0 Å². The molecule has 0 saturated heterocycles. The van der Waals surface area contributed by atoms with Crippen molar-refractivity contribution in [1.82, 2.24) is 0 Å². The second-order valence-corrected chi connectivity index (χ2v) is 6.00. The Hall–Kier alpha value is 0.840. The van der Waals surface area contributed by atoms with E-state index in [2.05, 4.69) is 50.7 Å². The summed E-state index contributed by atoms with van der Waals surface area (Å²) in [7, 11) is 0. The Morgan fingerprint density at radius 1 is 0.867 bits per heavy atom. The largest absolute Gasteiger partial charge is 0.205 e. The fourth-order valence-electron chi connectivity index (χ4n) is 1.03. The predicted octanol–water partition coefficient (Wildman–Crippen LogP) is 3.99. The minimum atomic E-state index is 0.335. The number of rotatable bonds is 10. The summed E-state index contributed by atoms with van der Waals surface area (Å²) in [6.07, 6.45) is 4.39. The molecule has 0 N–H and O–H groups in total. The number of halogens is 2. The minimum Gasteiger partial charge on any atom is -0.205 e. The van der Waals surface area contributed by atoms with Crippen molar-refractivity contribution in [2.24, 2.45) is 0 Å². The van der Waals surface area contributed by atoms with Crippen molar-refractivity contribution in [3.8, 4) is 0 Å². The maximum Gasteiger partial charge on any atom is 0.0978 e. The fourth-order valence-corrected chi connectivity index (χ4v) is 2.16. The fraction of sp³-hybridized carbons (Fsp3) is 1.00. The van der Waals surface area contributed by atoms with Crippen LogP contribution in [0.25, 0.3) is 0 Å². The van der Waals surface area contributed by atoms with Crippen LogP contribution in [-0.2, 0) is 14.8 Å². The first-order valence-corrected chi connectivity index (χ1v) is 7.23. The Balaban J connectivity index is 3.17. The van der Waals surface area contributed by atoms with E-state index in [0.717, 1.165) is 25.7 Å². The molecule has 0 spiro atoms. The lowest BCUT2D eigenvalue weighted by molar-refractivity contribution is -0.511. The maximum absolute atomic E-state index is 4.89. The summed E-state index contributed by atoms with van der Waals surface area (Å²) < 4.78 is 0. The molecule has 0 bridgehead atoms. The van der Waals surface area contributed by atoms with Crippen molar-refractivity contribution in [3.63, 3.8) is 0 Å². The standard InChI is InChI=1S/C10H20Br2O3/c1-3-5-9(11)7-13-15-14-8-10(12)6-4-2/h9-10H,3-8H2,1-2H3. The van der Waals surface area contributed by atoms with Crippen LogP contribution in [0, 0.1) is 0 Å². The molecule has 92 valence electrons. The molecule has 0 aromatic heterocycles. The van der Waals surface area contributed by atoms with E-state index in [1.54, 1.807) is 0 Å². The molecule has 5 heteroatoms. The molecule has 0 heterocycles. The summed E-state index contributed by atoms with van der Waals surface area (Å²) in [6, 6.07) is 0. The summed E-state index contributed by atoms with van der Waals surface area (Å²) in [5.74, 6) is 0. The third-order valence-electron chi connectivity index (χ3n) is 1.80. The quantitative estimate of drug-likeness (QED) is 0.259. The van der Waals surface area contributed by atoms with Crippen LogP contribution < -0.4 is 0 Å². The molecule has 0 aliphatic rings. The molecule has 3 nitrogen and oxygen atoms in total. The van der Waals surface area contributed by atoms with Crippen LogP contribution >= 0.6 is 31.9 Å². The molecule has 0 saturated carbocycles. The van der Waals surface area contributed by atoms with Crippen molar-refractivity contribution in [1.29, 1.82) is 0 Å². The molecule has 0 amide bonds. The van der Waals surface area contributed by atoms with Crippen molar-refractivity contribution in [3.05, 3.63) is 0 Å². The highest BCUT2D eigenvalue weighted by atomic mass is 79.9. The molecule has 0 aliphatic heterocycles. The predicted molar refractivity (Wildman–Crippen MR) is 68.2 cm³/mol. The van der Waals surface area contributed by atoms with Gasteiger partial charge in [-0.2, -0.15) is 0 Å². The Labute approximate surface area is 109 Å². The van der Waals surface area contributed by atoms with Gasteiger partial charge in [0, 0.05) is 9.65 Å². The van der Waals surface area contributed by atoms with Gasteiger partial charge in [-0.05, 0) is 12.8 Å². The number of hydrogen-bond donors (Lipinski definition) is 0. The molecule has 2 atom stereocenters. The highest BCUT2D eigenvalue weighted by Crippen LogP contribution is 2.10. The van der Waals surface area contributed by atoms with Gasteiger partial charge < -0.3 is 0 Å². The van der Waals surface area contributed by atoms with E-state index in [4.69, 9.17) is 9.78 Å².